The quantitative estimate of drug-likeness (QED) is 0.442. The molecule has 0 aromatic heterocycles. The van der Waals surface area contributed by atoms with Crippen LogP contribution in [0.2, 0.25) is 0 Å². The maximum atomic E-state index is 12.2. The van der Waals surface area contributed by atoms with Crippen molar-refractivity contribution in [3.05, 3.63) is 41.5 Å². The van der Waals surface area contributed by atoms with Gasteiger partial charge in [-0.1, -0.05) is 23.8 Å². The van der Waals surface area contributed by atoms with Crippen molar-refractivity contribution < 1.29 is 23.9 Å². The van der Waals surface area contributed by atoms with E-state index in [4.69, 9.17) is 4.74 Å². The van der Waals surface area contributed by atoms with E-state index in [2.05, 4.69) is 11.4 Å². The number of para-hydroxylation sites is 1. The molecule has 0 spiro atoms. The maximum Gasteiger partial charge on any atom is 0.326 e. The molecule has 0 saturated heterocycles. The highest BCUT2D eigenvalue weighted by Gasteiger charge is 2.37. The van der Waals surface area contributed by atoms with Crippen LogP contribution in [0, 0.1) is 0 Å². The summed E-state index contributed by atoms with van der Waals surface area (Å²) in [6.07, 6.45) is 6.63. The number of esters is 1. The van der Waals surface area contributed by atoms with E-state index in [-0.39, 0.29) is 11.5 Å². The zero-order valence-corrected chi connectivity index (χ0v) is 15.9. The summed E-state index contributed by atoms with van der Waals surface area (Å²) in [4.78, 5) is 49.4. The van der Waals surface area contributed by atoms with Gasteiger partial charge in [-0.3, -0.25) is 24.1 Å². The van der Waals surface area contributed by atoms with Crippen molar-refractivity contribution >= 4 is 29.3 Å². The largest absolute Gasteiger partial charge is 0.451 e. The van der Waals surface area contributed by atoms with Crippen LogP contribution in [0.5, 0.6) is 0 Å². The minimum Gasteiger partial charge on any atom is -0.451 e. The molecular weight excluding hydrogens is 360 g/mol. The van der Waals surface area contributed by atoms with Crippen molar-refractivity contribution in [3.8, 4) is 0 Å². The smallest absolute Gasteiger partial charge is 0.326 e. The van der Waals surface area contributed by atoms with Gasteiger partial charge in [-0.25, -0.2) is 0 Å². The standard InChI is InChI=1S/C21H24N2O5/c1-14(20(26)22-12-11-15-7-3-2-4-8-15)28-18(24)13-23-17-10-6-5-9-16(17)19(25)21(23)27/h5-7,9-10,14H,2-4,8,11-13H2,1H3,(H,22,26)/t14-/m1/s1. The molecular formula is C21H24N2O5. The Labute approximate surface area is 163 Å². The molecule has 7 nitrogen and oxygen atoms in total. The lowest BCUT2D eigenvalue weighted by molar-refractivity contribution is -0.153. The molecule has 0 unspecified atom stereocenters. The van der Waals surface area contributed by atoms with Gasteiger partial charge in [0.2, 0.25) is 0 Å². The Balaban J connectivity index is 1.47. The van der Waals surface area contributed by atoms with E-state index in [1.807, 2.05) is 0 Å². The second-order valence-corrected chi connectivity index (χ2v) is 7.02. The van der Waals surface area contributed by atoms with Crippen molar-refractivity contribution in [1.82, 2.24) is 5.32 Å². The summed E-state index contributed by atoms with van der Waals surface area (Å²) in [5.74, 6) is -2.54. The maximum absolute atomic E-state index is 12.2. The third-order valence-electron chi connectivity index (χ3n) is 4.97. The molecule has 1 aliphatic carbocycles. The highest BCUT2D eigenvalue weighted by atomic mass is 16.5. The lowest BCUT2D eigenvalue weighted by Gasteiger charge is -2.18. The highest BCUT2D eigenvalue weighted by Crippen LogP contribution is 2.28. The van der Waals surface area contributed by atoms with Crippen LogP contribution >= 0.6 is 0 Å². The molecule has 2 amide bonds. The number of ketones is 1. The topological polar surface area (TPSA) is 92.8 Å². The Hall–Kier alpha value is -2.96. The average Bonchev–Trinajstić information content (AvgIpc) is 2.94. The molecule has 1 aliphatic heterocycles. The minimum absolute atomic E-state index is 0.267. The molecule has 28 heavy (non-hydrogen) atoms. The number of carbonyl (C=O) groups is 4. The summed E-state index contributed by atoms with van der Waals surface area (Å²) in [7, 11) is 0. The second kappa shape index (κ2) is 8.82. The van der Waals surface area contributed by atoms with E-state index >= 15 is 0 Å². The molecule has 1 atom stereocenters. The number of nitrogens with zero attached hydrogens (tertiary/aromatic N) is 1. The first kappa shape index (κ1) is 19.8. The van der Waals surface area contributed by atoms with Crippen LogP contribution in [0.15, 0.2) is 35.9 Å². The van der Waals surface area contributed by atoms with E-state index in [0.29, 0.717) is 12.2 Å². The molecule has 2 aliphatic rings. The van der Waals surface area contributed by atoms with Crippen molar-refractivity contribution in [3.63, 3.8) is 0 Å². The van der Waals surface area contributed by atoms with Crippen molar-refractivity contribution in [2.45, 2.75) is 45.1 Å². The molecule has 148 valence electrons. The van der Waals surface area contributed by atoms with Crippen molar-refractivity contribution in [2.24, 2.45) is 0 Å². The lowest BCUT2D eigenvalue weighted by atomic mass is 9.97. The molecule has 3 rings (SSSR count). The third kappa shape index (κ3) is 4.47. The molecule has 1 heterocycles. The fourth-order valence-electron chi connectivity index (χ4n) is 3.44. The summed E-state index contributed by atoms with van der Waals surface area (Å²) in [5, 5.41) is 2.77. The van der Waals surface area contributed by atoms with Gasteiger partial charge >= 0.3 is 5.97 Å². The van der Waals surface area contributed by atoms with Crippen LogP contribution in [0.1, 0.15) is 49.4 Å². The number of hydrogen-bond acceptors (Lipinski definition) is 5. The number of nitrogens with one attached hydrogen (secondary N) is 1. The number of fused-ring (bicyclic) bond motifs is 1. The van der Waals surface area contributed by atoms with Gasteiger partial charge in [0.05, 0.1) is 11.3 Å². The molecule has 0 bridgehead atoms. The van der Waals surface area contributed by atoms with E-state index < -0.39 is 30.3 Å². The number of benzene rings is 1. The van der Waals surface area contributed by atoms with E-state index in [1.165, 1.54) is 25.3 Å². The first-order valence-corrected chi connectivity index (χ1v) is 9.57. The molecule has 0 saturated carbocycles. The molecule has 7 heteroatoms. The highest BCUT2D eigenvalue weighted by molar-refractivity contribution is 6.52. The summed E-state index contributed by atoms with van der Waals surface area (Å²) in [6, 6.07) is 6.47. The van der Waals surface area contributed by atoms with Crippen LogP contribution in [0.25, 0.3) is 0 Å². The zero-order chi connectivity index (χ0) is 20.1. The van der Waals surface area contributed by atoms with E-state index in [0.717, 1.165) is 24.2 Å². The molecule has 0 fully saturated rings. The van der Waals surface area contributed by atoms with Gasteiger partial charge in [-0.15, -0.1) is 0 Å². The Kier molecular flexibility index (Phi) is 6.23. The Morgan fingerprint density at radius 3 is 2.75 bits per heavy atom. The number of allylic oxidation sites excluding steroid dienone is 1. The van der Waals surface area contributed by atoms with Gasteiger partial charge in [0.25, 0.3) is 17.6 Å². The molecule has 1 N–H and O–H groups in total. The Morgan fingerprint density at radius 1 is 1.21 bits per heavy atom. The lowest BCUT2D eigenvalue weighted by Crippen LogP contribution is -2.40. The first-order valence-electron chi connectivity index (χ1n) is 9.57. The number of rotatable bonds is 7. The fourth-order valence-corrected chi connectivity index (χ4v) is 3.44. The summed E-state index contributed by atoms with van der Waals surface area (Å²) < 4.78 is 5.14. The van der Waals surface area contributed by atoms with Crippen LogP contribution in [-0.4, -0.2) is 42.8 Å². The normalized spacial score (nSPS) is 17.0. The molecule has 1 aromatic carbocycles. The van der Waals surface area contributed by atoms with Gasteiger partial charge in [0.15, 0.2) is 6.10 Å². The number of anilines is 1. The van der Waals surface area contributed by atoms with E-state index in [1.54, 1.807) is 24.3 Å². The minimum atomic E-state index is -0.975. The van der Waals surface area contributed by atoms with Crippen LogP contribution < -0.4 is 10.2 Å². The SMILES string of the molecule is C[C@@H](OC(=O)CN1C(=O)C(=O)c2ccccc21)C(=O)NCCC1=CCCCC1. The summed E-state index contributed by atoms with van der Waals surface area (Å²) >= 11 is 0. The van der Waals surface area contributed by atoms with Crippen LogP contribution in [0.3, 0.4) is 0 Å². The van der Waals surface area contributed by atoms with E-state index in [9.17, 15) is 19.2 Å². The predicted molar refractivity (Wildman–Crippen MR) is 103 cm³/mol. The average molecular weight is 384 g/mol. The van der Waals surface area contributed by atoms with Crippen molar-refractivity contribution in [1.29, 1.82) is 0 Å². The number of amides is 2. The van der Waals surface area contributed by atoms with Gasteiger partial charge in [0, 0.05) is 6.54 Å². The summed E-state index contributed by atoms with van der Waals surface area (Å²) in [5.41, 5.74) is 2.00. The van der Waals surface area contributed by atoms with Gasteiger partial charge in [0.1, 0.15) is 6.54 Å². The first-order chi connectivity index (χ1) is 13.5. The Morgan fingerprint density at radius 2 is 2.00 bits per heavy atom. The molecule has 0 radical (unpaired) electrons. The Bertz CT molecular complexity index is 830. The van der Waals surface area contributed by atoms with Gasteiger partial charge in [-0.05, 0) is 51.2 Å². The monoisotopic (exact) mass is 384 g/mol. The summed E-state index contributed by atoms with van der Waals surface area (Å²) in [6.45, 7) is 1.57. The van der Waals surface area contributed by atoms with Crippen LogP contribution in [0.4, 0.5) is 5.69 Å². The predicted octanol–water partition coefficient (Wildman–Crippen LogP) is 2.15. The molecule has 1 aromatic rings. The second-order valence-electron chi connectivity index (χ2n) is 7.02. The van der Waals surface area contributed by atoms with Crippen molar-refractivity contribution in [2.75, 3.05) is 18.0 Å². The number of ether oxygens (including phenoxy) is 1. The third-order valence-corrected chi connectivity index (χ3v) is 4.97. The number of Topliss-reactive ketones (excluding diaryl/α,β-unsaturated/α-hetero) is 1. The van der Waals surface area contributed by atoms with Crippen LogP contribution in [-0.2, 0) is 19.1 Å². The van der Waals surface area contributed by atoms with Gasteiger partial charge in [-0.2, -0.15) is 0 Å². The zero-order valence-electron chi connectivity index (χ0n) is 15.9. The fraction of sp³-hybridized carbons (Fsp3) is 0.429. The number of hydrogen-bond donors (Lipinski definition) is 1. The number of carbonyl (C=O) groups excluding carboxylic acids is 4. The van der Waals surface area contributed by atoms with Gasteiger partial charge < -0.3 is 10.1 Å².